The van der Waals surface area contributed by atoms with Crippen LogP contribution in [0.4, 0.5) is 0 Å². The van der Waals surface area contributed by atoms with Crippen molar-refractivity contribution in [2.75, 3.05) is 39.3 Å². The van der Waals surface area contributed by atoms with Gasteiger partial charge >= 0.3 is 16.8 Å². The van der Waals surface area contributed by atoms with Crippen molar-refractivity contribution in [1.82, 2.24) is 10.6 Å². The molecule has 0 atom stereocenters. The predicted octanol–water partition coefficient (Wildman–Crippen LogP) is -3.30. The first kappa shape index (κ1) is 39.9. The molecule has 0 fully saturated rings. The number of carboxylic acids is 3. The number of aliphatic carboxylic acids is 3. The van der Waals surface area contributed by atoms with Crippen LogP contribution in [0.2, 0.25) is 0 Å². The summed E-state index contributed by atoms with van der Waals surface area (Å²) in [4.78, 5) is 23.8. The van der Waals surface area contributed by atoms with Crippen molar-refractivity contribution in [3.8, 4) is 0 Å². The number of hydrogen-bond donors (Lipinski definition) is 4. The van der Waals surface area contributed by atoms with Crippen LogP contribution in [0.25, 0.3) is 0 Å². The van der Waals surface area contributed by atoms with Gasteiger partial charge < -0.3 is 51.8 Å². The first-order valence-electron chi connectivity index (χ1n) is 7.13. The Labute approximate surface area is 209 Å². The molecule has 0 rings (SSSR count). The smallest absolute Gasteiger partial charge is 0.547 e. The molecule has 0 aromatic heterocycles. The van der Waals surface area contributed by atoms with E-state index in [4.69, 9.17) is 81.1 Å². The zero-order chi connectivity index (χ0) is 23.1. The molecule has 17 heteroatoms. The van der Waals surface area contributed by atoms with E-state index in [9.17, 15) is 29.7 Å². The summed E-state index contributed by atoms with van der Waals surface area (Å²) in [7, 11) is 0. The summed E-state index contributed by atoms with van der Waals surface area (Å²) in [5, 5.41) is 34.3. The standard InChI is InChI=1S/C6H18N4.3C2H2Cl2O2.Co/c7-1-3-9-5-6-10-4-2-8;3*3-1(4)2(5)6;/h9-10H,1-8H2;3*1H,(H,5,6);/q;;;;+3/p-3. The number of carbonyl (C=O) groups is 3. The number of hydrogen-bond acceptors (Lipinski definition) is 10. The largest absolute Gasteiger partial charge is 3.00 e. The molecule has 0 saturated heterocycles. The molecular weight excluding hydrogens is 568 g/mol. The zero-order valence-electron chi connectivity index (χ0n) is 14.7. The van der Waals surface area contributed by atoms with E-state index in [1.54, 1.807) is 0 Å². The SMILES string of the molecule is NCCNCCNCCN.O=C([O-])C(Cl)Cl.O=C([O-])C(Cl)Cl.O=C([O-])C(Cl)Cl.[Co+3]. The third-order valence-electron chi connectivity index (χ3n) is 1.66. The van der Waals surface area contributed by atoms with Crippen LogP contribution in [0.5, 0.6) is 0 Å². The van der Waals surface area contributed by atoms with Gasteiger partial charge in [-0.1, -0.05) is 69.6 Å². The summed E-state index contributed by atoms with van der Waals surface area (Å²) in [6.07, 6.45) is 0. The summed E-state index contributed by atoms with van der Waals surface area (Å²) in [5.74, 6) is -4.38. The zero-order valence-corrected chi connectivity index (χ0v) is 20.3. The maximum absolute atomic E-state index is 9.32. The summed E-state index contributed by atoms with van der Waals surface area (Å²) < 4.78 is 0. The van der Waals surface area contributed by atoms with Crippen LogP contribution in [0.1, 0.15) is 0 Å². The summed E-state index contributed by atoms with van der Waals surface area (Å²) >= 11 is 28.3. The number of nitrogens with two attached hydrogens (primary N) is 2. The van der Waals surface area contributed by atoms with Crippen molar-refractivity contribution >= 4 is 87.5 Å². The van der Waals surface area contributed by atoms with Gasteiger partial charge in [-0.2, -0.15) is 0 Å². The molecule has 0 radical (unpaired) electrons. The monoisotopic (exact) mass is 586 g/mol. The quantitative estimate of drug-likeness (QED) is 0.148. The van der Waals surface area contributed by atoms with Gasteiger partial charge in [-0.25, -0.2) is 0 Å². The molecule has 0 aliphatic carbocycles. The Morgan fingerprint density at radius 1 is 0.621 bits per heavy atom. The Kier molecular flexibility index (Phi) is 42.2. The molecule has 0 amide bonds. The summed E-state index contributed by atoms with van der Waals surface area (Å²) in [6.45, 7) is 5.14. The summed E-state index contributed by atoms with van der Waals surface area (Å²) in [6, 6.07) is 0. The predicted molar refractivity (Wildman–Crippen MR) is 105 cm³/mol. The maximum atomic E-state index is 9.32. The fourth-order valence-corrected chi connectivity index (χ4v) is 0.631. The number of carboxylic acid groups (broad SMARTS) is 3. The van der Waals surface area contributed by atoms with E-state index in [0.717, 1.165) is 26.2 Å². The van der Waals surface area contributed by atoms with Crippen LogP contribution in [0, 0.1) is 0 Å². The molecule has 0 aromatic rings. The van der Waals surface area contributed by atoms with Crippen LogP contribution >= 0.6 is 69.6 Å². The van der Waals surface area contributed by atoms with Crippen molar-refractivity contribution in [2.24, 2.45) is 11.5 Å². The number of alkyl halides is 6. The van der Waals surface area contributed by atoms with Crippen LogP contribution in [-0.4, -0.2) is 71.7 Å². The fourth-order valence-electron chi connectivity index (χ4n) is 0.631. The average molecular weight is 589 g/mol. The van der Waals surface area contributed by atoms with Gasteiger partial charge in [0.1, 0.15) is 14.5 Å². The van der Waals surface area contributed by atoms with Gasteiger partial charge in [0.25, 0.3) is 0 Å². The minimum atomic E-state index is -1.46. The molecule has 0 bridgehead atoms. The van der Waals surface area contributed by atoms with Gasteiger partial charge in [-0.3, -0.25) is 0 Å². The number of halogens is 6. The van der Waals surface area contributed by atoms with Crippen LogP contribution < -0.4 is 37.4 Å². The second-order valence-electron chi connectivity index (χ2n) is 3.94. The van der Waals surface area contributed by atoms with Crippen molar-refractivity contribution in [3.63, 3.8) is 0 Å². The Bertz CT molecular complexity index is 349. The van der Waals surface area contributed by atoms with Crippen LogP contribution in [0.15, 0.2) is 0 Å². The van der Waals surface area contributed by atoms with Gasteiger partial charge in [0.05, 0.1) is 17.9 Å². The third kappa shape index (κ3) is 52.6. The number of nitrogens with one attached hydrogen (secondary N) is 2. The van der Waals surface area contributed by atoms with E-state index in [0.29, 0.717) is 13.1 Å². The van der Waals surface area contributed by atoms with Crippen LogP contribution in [-0.2, 0) is 31.2 Å². The molecule has 6 N–H and O–H groups in total. The molecule has 0 aliphatic heterocycles. The van der Waals surface area contributed by atoms with E-state index in [1.807, 2.05) is 0 Å². The average Bonchev–Trinajstić information content (AvgIpc) is 2.59. The maximum Gasteiger partial charge on any atom is 3.00 e. The summed E-state index contributed by atoms with van der Waals surface area (Å²) in [5.41, 5.74) is 10.5. The van der Waals surface area contributed by atoms with Gasteiger partial charge in [0.2, 0.25) is 0 Å². The first-order chi connectivity index (χ1) is 12.8. The number of rotatable bonds is 10. The second kappa shape index (κ2) is 30.7. The molecule has 29 heavy (non-hydrogen) atoms. The molecule has 0 aromatic carbocycles. The van der Waals surface area contributed by atoms with Crippen molar-refractivity contribution in [2.45, 2.75) is 14.5 Å². The normalized spacial score (nSPS) is 9.21. The minimum Gasteiger partial charge on any atom is -0.547 e. The Morgan fingerprint density at radius 2 is 0.793 bits per heavy atom. The third-order valence-corrected chi connectivity index (χ3v) is 2.72. The van der Waals surface area contributed by atoms with Gasteiger partial charge in [-0.15, -0.1) is 0 Å². The molecule has 0 saturated carbocycles. The molecule has 0 spiro atoms. The minimum absolute atomic E-state index is 0. The van der Waals surface area contributed by atoms with E-state index in [2.05, 4.69) is 10.6 Å². The molecular formula is C12H21Cl6CoN4O6. The fraction of sp³-hybridized carbons (Fsp3) is 0.750. The number of carbonyl (C=O) groups excluding carboxylic acids is 3. The van der Waals surface area contributed by atoms with E-state index < -0.39 is 32.4 Å². The van der Waals surface area contributed by atoms with Crippen molar-refractivity contribution in [1.29, 1.82) is 0 Å². The molecule has 0 unspecified atom stereocenters. The molecule has 176 valence electrons. The van der Waals surface area contributed by atoms with E-state index in [1.165, 1.54) is 0 Å². The van der Waals surface area contributed by atoms with Crippen molar-refractivity contribution in [3.05, 3.63) is 0 Å². The van der Waals surface area contributed by atoms with E-state index in [-0.39, 0.29) is 16.8 Å². The van der Waals surface area contributed by atoms with Crippen LogP contribution in [0.3, 0.4) is 0 Å². The van der Waals surface area contributed by atoms with Gasteiger partial charge in [0, 0.05) is 39.3 Å². The second-order valence-corrected chi connectivity index (χ2v) is 7.23. The Hall–Kier alpha value is 0.496. The Morgan fingerprint density at radius 3 is 0.897 bits per heavy atom. The van der Waals surface area contributed by atoms with Crippen molar-refractivity contribution < 1.29 is 46.5 Å². The van der Waals surface area contributed by atoms with E-state index >= 15 is 0 Å². The topological polar surface area (TPSA) is 196 Å². The van der Waals surface area contributed by atoms with Gasteiger partial charge in [0.15, 0.2) is 0 Å². The molecule has 0 aliphatic rings. The molecule has 10 nitrogen and oxygen atoms in total. The van der Waals surface area contributed by atoms with Gasteiger partial charge in [-0.05, 0) is 0 Å². The molecule has 0 heterocycles. The Balaban J connectivity index is -0.0000000901. The first-order valence-corrected chi connectivity index (χ1v) is 9.75.